The molecule has 0 aliphatic carbocycles. The van der Waals surface area contributed by atoms with Gasteiger partial charge in [-0.1, -0.05) is 12.1 Å². The Hall–Kier alpha value is -2.63. The third-order valence-corrected chi connectivity index (χ3v) is 2.04. The zero-order valence-corrected chi connectivity index (χ0v) is 8.45. The van der Waals surface area contributed by atoms with Gasteiger partial charge >= 0.3 is 17.8 Å². The Kier molecular flexibility index (Phi) is 2.61. The van der Waals surface area contributed by atoms with Gasteiger partial charge < -0.3 is 14.6 Å². The number of hydrogen-bond acceptors (Lipinski definition) is 4. The number of rotatable bonds is 3. The molecule has 0 bridgehead atoms. The first-order valence-corrected chi connectivity index (χ1v) is 4.62. The second-order valence-electron chi connectivity index (χ2n) is 3.19. The predicted molar refractivity (Wildman–Crippen MR) is 57.6 cm³/mol. The molecule has 86 valence electrons. The van der Waals surface area contributed by atoms with Crippen molar-refractivity contribution in [2.45, 2.75) is 0 Å². The summed E-state index contributed by atoms with van der Waals surface area (Å²) in [5, 5.41) is 17.2. The van der Waals surface area contributed by atoms with E-state index in [1.165, 1.54) is 6.08 Å². The van der Waals surface area contributed by atoms with E-state index in [2.05, 4.69) is 4.98 Å². The first-order valence-electron chi connectivity index (χ1n) is 4.62. The van der Waals surface area contributed by atoms with Crippen molar-refractivity contribution >= 4 is 29.1 Å². The van der Waals surface area contributed by atoms with Crippen molar-refractivity contribution in [3.63, 3.8) is 0 Å². The van der Waals surface area contributed by atoms with Crippen LogP contribution in [-0.2, 0) is 4.79 Å². The smallest absolute Gasteiger partial charge is 0.392 e. The van der Waals surface area contributed by atoms with Crippen molar-refractivity contribution < 1.29 is 24.2 Å². The minimum Gasteiger partial charge on any atom is -0.478 e. The molecule has 0 aliphatic heterocycles. The predicted octanol–water partition coefficient (Wildman–Crippen LogP) is 1.62. The average Bonchev–Trinajstić information content (AvgIpc) is 2.70. The van der Waals surface area contributed by atoms with E-state index < -0.39 is 17.8 Å². The van der Waals surface area contributed by atoms with E-state index in [4.69, 9.17) is 14.6 Å². The quantitative estimate of drug-likeness (QED) is 0.781. The Morgan fingerprint density at radius 3 is 2.71 bits per heavy atom. The van der Waals surface area contributed by atoms with Crippen LogP contribution in [0.1, 0.15) is 16.2 Å². The molecule has 1 aromatic carbocycles. The molecule has 0 saturated carbocycles. The van der Waals surface area contributed by atoms with Crippen LogP contribution in [-0.4, -0.2) is 27.1 Å². The van der Waals surface area contributed by atoms with Gasteiger partial charge in [-0.3, -0.25) is 0 Å². The summed E-state index contributed by atoms with van der Waals surface area (Å²) in [6.07, 6.45) is 2.28. The van der Waals surface area contributed by atoms with Crippen LogP contribution < -0.4 is 0 Å². The number of nitrogens with zero attached hydrogens (tertiary/aromatic N) is 1. The van der Waals surface area contributed by atoms with Crippen molar-refractivity contribution in [1.29, 1.82) is 0 Å². The first-order chi connectivity index (χ1) is 8.08. The molecule has 6 nitrogen and oxygen atoms in total. The van der Waals surface area contributed by atoms with E-state index in [0.717, 1.165) is 6.08 Å². The van der Waals surface area contributed by atoms with Gasteiger partial charge in [-0.25, -0.2) is 14.6 Å². The van der Waals surface area contributed by atoms with E-state index in [9.17, 15) is 9.59 Å². The number of carboxylic acid groups (broad SMARTS) is 2. The Morgan fingerprint density at radius 1 is 1.29 bits per heavy atom. The molecule has 1 heterocycles. The van der Waals surface area contributed by atoms with E-state index in [0.29, 0.717) is 16.7 Å². The number of aromatic carboxylic acids is 1. The van der Waals surface area contributed by atoms with Gasteiger partial charge in [0.15, 0.2) is 5.58 Å². The van der Waals surface area contributed by atoms with Gasteiger partial charge in [-0.05, 0) is 12.1 Å². The fraction of sp³-hybridized carbons (Fsp3) is 0. The van der Waals surface area contributed by atoms with Crippen LogP contribution in [0.25, 0.3) is 17.2 Å². The molecule has 0 fully saturated rings. The number of hydrogen-bond donors (Lipinski definition) is 2. The lowest BCUT2D eigenvalue weighted by molar-refractivity contribution is -0.131. The third kappa shape index (κ3) is 2.15. The van der Waals surface area contributed by atoms with Crippen molar-refractivity contribution in [2.24, 2.45) is 0 Å². The lowest BCUT2D eigenvalue weighted by Crippen LogP contribution is -1.95. The lowest BCUT2D eigenvalue weighted by atomic mass is 10.2. The maximum Gasteiger partial charge on any atom is 0.392 e. The SMILES string of the molecule is O=C(O)/C=C/c1cccc2oc(C(=O)O)nc12. The zero-order chi connectivity index (χ0) is 12.4. The number of aliphatic carboxylic acids is 1. The molecule has 0 amide bonds. The lowest BCUT2D eigenvalue weighted by Gasteiger charge is -1.92. The van der Waals surface area contributed by atoms with E-state index in [1.807, 2.05) is 0 Å². The molecule has 2 N–H and O–H groups in total. The molecule has 17 heavy (non-hydrogen) atoms. The topological polar surface area (TPSA) is 101 Å². The third-order valence-electron chi connectivity index (χ3n) is 2.04. The number of oxazole rings is 1. The van der Waals surface area contributed by atoms with Crippen molar-refractivity contribution in [1.82, 2.24) is 4.98 Å². The Balaban J connectivity index is 2.56. The van der Waals surface area contributed by atoms with E-state index in [1.54, 1.807) is 18.2 Å². The van der Waals surface area contributed by atoms with Gasteiger partial charge in [0.05, 0.1) is 0 Å². The second kappa shape index (κ2) is 4.09. The fourth-order valence-corrected chi connectivity index (χ4v) is 1.36. The van der Waals surface area contributed by atoms with Gasteiger partial charge in [0.25, 0.3) is 0 Å². The number of carbonyl (C=O) groups is 2. The van der Waals surface area contributed by atoms with Crippen LogP contribution in [0.4, 0.5) is 0 Å². The summed E-state index contributed by atoms with van der Waals surface area (Å²) in [4.78, 5) is 24.9. The van der Waals surface area contributed by atoms with Crippen LogP contribution >= 0.6 is 0 Å². The van der Waals surface area contributed by atoms with Gasteiger partial charge in [0, 0.05) is 11.6 Å². The fourth-order valence-electron chi connectivity index (χ4n) is 1.36. The molecule has 2 rings (SSSR count). The van der Waals surface area contributed by atoms with Gasteiger partial charge in [-0.15, -0.1) is 0 Å². The Labute approximate surface area is 94.8 Å². The molecule has 0 spiro atoms. The number of benzene rings is 1. The summed E-state index contributed by atoms with van der Waals surface area (Å²) in [5.74, 6) is -2.78. The molecular weight excluding hydrogens is 226 g/mol. The molecule has 1 aromatic heterocycles. The summed E-state index contributed by atoms with van der Waals surface area (Å²) in [6.45, 7) is 0. The zero-order valence-electron chi connectivity index (χ0n) is 8.45. The molecule has 2 aromatic rings. The summed E-state index contributed by atoms with van der Waals surface area (Å²) in [6, 6.07) is 4.81. The maximum absolute atomic E-state index is 10.7. The number of fused-ring (bicyclic) bond motifs is 1. The minimum atomic E-state index is -1.27. The van der Waals surface area contributed by atoms with Crippen LogP contribution in [0.3, 0.4) is 0 Å². The van der Waals surface area contributed by atoms with Crippen molar-refractivity contribution in [2.75, 3.05) is 0 Å². The van der Waals surface area contributed by atoms with Crippen LogP contribution in [0.15, 0.2) is 28.7 Å². The molecule has 0 aliphatic rings. The summed E-state index contributed by atoms with van der Waals surface area (Å²) in [5.41, 5.74) is 1.11. The molecule has 6 heteroatoms. The highest BCUT2D eigenvalue weighted by molar-refractivity contribution is 5.93. The van der Waals surface area contributed by atoms with Gasteiger partial charge in [-0.2, -0.15) is 0 Å². The normalized spacial score (nSPS) is 11.1. The van der Waals surface area contributed by atoms with E-state index >= 15 is 0 Å². The van der Waals surface area contributed by atoms with Crippen LogP contribution in [0, 0.1) is 0 Å². The molecule has 0 atom stereocenters. The highest BCUT2D eigenvalue weighted by atomic mass is 16.4. The number of carboxylic acids is 2. The first kappa shape index (κ1) is 10.9. The van der Waals surface area contributed by atoms with Crippen LogP contribution in [0.2, 0.25) is 0 Å². The highest BCUT2D eigenvalue weighted by Crippen LogP contribution is 2.20. The number of aromatic nitrogens is 1. The standard InChI is InChI=1S/C11H7NO5/c13-8(14)5-4-6-2-1-3-7-9(6)12-10(17-7)11(15)16/h1-5H,(H,13,14)(H,15,16)/b5-4+. The Morgan fingerprint density at radius 2 is 2.06 bits per heavy atom. The summed E-state index contributed by atoms with van der Waals surface area (Å²) >= 11 is 0. The molecule has 0 unspecified atom stereocenters. The minimum absolute atomic E-state index is 0.301. The monoisotopic (exact) mass is 233 g/mol. The molecule has 0 radical (unpaired) electrons. The summed E-state index contributed by atoms with van der Waals surface area (Å²) < 4.78 is 4.98. The molecule has 0 saturated heterocycles. The average molecular weight is 233 g/mol. The largest absolute Gasteiger partial charge is 0.478 e. The van der Waals surface area contributed by atoms with Gasteiger partial charge in [0.2, 0.25) is 0 Å². The van der Waals surface area contributed by atoms with Crippen molar-refractivity contribution in [3.05, 3.63) is 35.7 Å². The Bertz CT molecular complexity index is 626. The highest BCUT2D eigenvalue weighted by Gasteiger charge is 2.13. The maximum atomic E-state index is 10.7. The molecular formula is C11H7NO5. The summed E-state index contributed by atoms with van der Waals surface area (Å²) in [7, 11) is 0. The second-order valence-corrected chi connectivity index (χ2v) is 3.19. The van der Waals surface area contributed by atoms with Crippen LogP contribution in [0.5, 0.6) is 0 Å². The number of para-hydroxylation sites is 1. The van der Waals surface area contributed by atoms with E-state index in [-0.39, 0.29) is 0 Å². The van der Waals surface area contributed by atoms with Crippen molar-refractivity contribution in [3.8, 4) is 0 Å². The van der Waals surface area contributed by atoms with Gasteiger partial charge in [0.1, 0.15) is 5.52 Å².